The Morgan fingerprint density at radius 3 is 2.21 bits per heavy atom. The number of hydrogen-bond donors (Lipinski definition) is 0. The van der Waals surface area contributed by atoms with Crippen molar-refractivity contribution < 1.29 is 19.3 Å². The fraction of sp³-hybridized carbons (Fsp3) is 0.400. The number of ether oxygens (including phenoxy) is 2. The van der Waals surface area contributed by atoms with Crippen LogP contribution >= 0.6 is 11.6 Å². The van der Waals surface area contributed by atoms with E-state index in [9.17, 15) is 20.2 Å². The van der Waals surface area contributed by atoms with E-state index in [0.29, 0.717) is 0 Å². The summed E-state index contributed by atoms with van der Waals surface area (Å²) in [5.41, 5.74) is -0.740. The zero-order valence-corrected chi connectivity index (χ0v) is 10.9. The van der Waals surface area contributed by atoms with Gasteiger partial charge in [-0.2, -0.15) is 0 Å². The summed E-state index contributed by atoms with van der Waals surface area (Å²) >= 11 is 5.86. The Labute approximate surface area is 113 Å². The predicted octanol–water partition coefficient (Wildman–Crippen LogP) is 2.32. The molecule has 0 fully saturated rings. The van der Waals surface area contributed by atoms with E-state index in [0.717, 1.165) is 12.1 Å². The smallest absolute Gasteiger partial charge is 0.281 e. The van der Waals surface area contributed by atoms with Crippen LogP contribution in [0.4, 0.5) is 11.4 Å². The van der Waals surface area contributed by atoms with Crippen molar-refractivity contribution in [2.24, 2.45) is 0 Å². The quantitative estimate of drug-likeness (QED) is 0.452. The number of non-ortho nitro benzene ring substituents is 1. The summed E-state index contributed by atoms with van der Waals surface area (Å²) < 4.78 is 9.87. The summed E-state index contributed by atoms with van der Waals surface area (Å²) in [7, 11) is 2.75. The van der Waals surface area contributed by atoms with Crippen LogP contribution in [0.2, 0.25) is 5.02 Å². The molecule has 0 unspecified atom stereocenters. The molecule has 0 aliphatic heterocycles. The van der Waals surface area contributed by atoms with E-state index in [1.807, 2.05) is 0 Å². The maximum absolute atomic E-state index is 10.9. The minimum absolute atomic E-state index is 0.0140. The molecule has 1 rings (SSSR count). The van der Waals surface area contributed by atoms with E-state index in [2.05, 4.69) is 0 Å². The van der Waals surface area contributed by atoms with Gasteiger partial charge in [-0.25, -0.2) is 0 Å². The van der Waals surface area contributed by atoms with Gasteiger partial charge in [-0.1, -0.05) is 11.6 Å². The lowest BCUT2D eigenvalue weighted by Crippen LogP contribution is -2.17. The number of benzene rings is 1. The molecule has 0 aliphatic rings. The van der Waals surface area contributed by atoms with Crippen LogP contribution in [-0.2, 0) is 15.9 Å². The highest BCUT2D eigenvalue weighted by atomic mass is 35.5. The molecule has 0 aromatic heterocycles. The van der Waals surface area contributed by atoms with Gasteiger partial charge in [-0.15, -0.1) is 0 Å². The molecule has 19 heavy (non-hydrogen) atoms. The molecule has 0 spiro atoms. The second-order valence-corrected chi connectivity index (χ2v) is 3.95. The van der Waals surface area contributed by atoms with Crippen molar-refractivity contribution in [1.82, 2.24) is 0 Å². The zero-order chi connectivity index (χ0) is 14.6. The molecule has 0 radical (unpaired) electrons. The summed E-state index contributed by atoms with van der Waals surface area (Å²) in [6.45, 7) is 0. The second kappa shape index (κ2) is 6.41. The Hall–Kier alpha value is -1.77. The van der Waals surface area contributed by atoms with Gasteiger partial charge in [-0.3, -0.25) is 20.2 Å². The number of rotatable bonds is 6. The highest BCUT2D eigenvalue weighted by molar-refractivity contribution is 6.31. The summed E-state index contributed by atoms with van der Waals surface area (Å²) in [6, 6.07) is 1.93. The molecule has 104 valence electrons. The van der Waals surface area contributed by atoms with Gasteiger partial charge in [0.05, 0.1) is 26.5 Å². The number of nitro groups is 2. The first-order valence-corrected chi connectivity index (χ1v) is 5.45. The van der Waals surface area contributed by atoms with E-state index in [-0.39, 0.29) is 17.0 Å². The number of hydrogen-bond acceptors (Lipinski definition) is 6. The first kappa shape index (κ1) is 15.3. The molecule has 8 nitrogen and oxygen atoms in total. The van der Waals surface area contributed by atoms with Gasteiger partial charge in [0.25, 0.3) is 11.4 Å². The van der Waals surface area contributed by atoms with Crippen LogP contribution in [0.1, 0.15) is 5.56 Å². The highest BCUT2D eigenvalue weighted by Gasteiger charge is 2.25. The summed E-state index contributed by atoms with van der Waals surface area (Å²) in [6.07, 6.45) is -0.710. The summed E-state index contributed by atoms with van der Waals surface area (Å²) in [4.78, 5) is 20.1. The lowest BCUT2D eigenvalue weighted by atomic mass is 10.1. The molecule has 1 aromatic carbocycles. The first-order chi connectivity index (χ1) is 8.90. The number of nitrogens with zero attached hydrogens (tertiary/aromatic N) is 2. The molecule has 9 heteroatoms. The van der Waals surface area contributed by atoms with Crippen LogP contribution < -0.4 is 0 Å². The third-order valence-electron chi connectivity index (χ3n) is 2.46. The molecule has 0 heterocycles. The van der Waals surface area contributed by atoms with Crippen LogP contribution in [0.25, 0.3) is 0 Å². The lowest BCUT2D eigenvalue weighted by molar-refractivity contribution is -0.394. The predicted molar refractivity (Wildman–Crippen MR) is 66.3 cm³/mol. The molecule has 0 amide bonds. The largest absolute Gasteiger partial charge is 0.356 e. The van der Waals surface area contributed by atoms with Crippen molar-refractivity contribution >= 4 is 23.0 Å². The van der Waals surface area contributed by atoms with Gasteiger partial charge in [-0.05, 0) is 0 Å². The van der Waals surface area contributed by atoms with Crippen molar-refractivity contribution in [3.05, 3.63) is 42.9 Å². The van der Waals surface area contributed by atoms with Gasteiger partial charge >= 0.3 is 0 Å². The first-order valence-electron chi connectivity index (χ1n) is 5.07. The van der Waals surface area contributed by atoms with Gasteiger partial charge in [0.1, 0.15) is 0 Å². The Balaban J connectivity index is 3.29. The van der Waals surface area contributed by atoms with Crippen LogP contribution in [0.3, 0.4) is 0 Å². The zero-order valence-electron chi connectivity index (χ0n) is 10.2. The van der Waals surface area contributed by atoms with E-state index < -0.39 is 27.5 Å². The Morgan fingerprint density at radius 2 is 1.79 bits per heavy atom. The van der Waals surface area contributed by atoms with Crippen LogP contribution in [-0.4, -0.2) is 30.4 Å². The number of methoxy groups -OCH3 is 2. The van der Waals surface area contributed by atoms with Gasteiger partial charge in [0.2, 0.25) is 0 Å². The monoisotopic (exact) mass is 290 g/mol. The highest BCUT2D eigenvalue weighted by Crippen LogP contribution is 2.33. The second-order valence-electron chi connectivity index (χ2n) is 3.54. The average molecular weight is 291 g/mol. The molecular weight excluding hydrogens is 280 g/mol. The lowest BCUT2D eigenvalue weighted by Gasteiger charge is -2.14. The van der Waals surface area contributed by atoms with E-state index in [4.69, 9.17) is 21.1 Å². The third-order valence-corrected chi connectivity index (χ3v) is 2.80. The topological polar surface area (TPSA) is 105 Å². The summed E-state index contributed by atoms with van der Waals surface area (Å²) in [5, 5.41) is 21.5. The van der Waals surface area contributed by atoms with Crippen LogP contribution in [0.15, 0.2) is 12.1 Å². The van der Waals surface area contributed by atoms with Crippen LogP contribution in [0, 0.1) is 20.2 Å². The van der Waals surface area contributed by atoms with Gasteiger partial charge in [0.15, 0.2) is 6.29 Å². The Bertz CT molecular complexity index is 503. The molecule has 1 aromatic rings. The SMILES string of the molecule is COC(Cc1c(Cl)cc([N+](=O)[O-])cc1[N+](=O)[O-])OC. The number of nitro benzene ring substituents is 2. The average Bonchev–Trinajstić information content (AvgIpc) is 2.36. The molecular formula is C10H11ClN2O6. The standard InChI is InChI=1S/C10H11ClN2O6/c1-18-10(19-2)5-7-8(11)3-6(12(14)15)4-9(7)13(16)17/h3-4,10H,5H2,1-2H3. The maximum atomic E-state index is 10.9. The third kappa shape index (κ3) is 3.60. The van der Waals surface area contributed by atoms with Crippen molar-refractivity contribution in [2.45, 2.75) is 12.7 Å². The fourth-order valence-electron chi connectivity index (χ4n) is 1.51. The van der Waals surface area contributed by atoms with Crippen molar-refractivity contribution in [1.29, 1.82) is 0 Å². The van der Waals surface area contributed by atoms with Crippen molar-refractivity contribution in [2.75, 3.05) is 14.2 Å². The molecule has 0 aliphatic carbocycles. The number of halogens is 1. The normalized spacial score (nSPS) is 10.7. The van der Waals surface area contributed by atoms with Crippen molar-refractivity contribution in [3.63, 3.8) is 0 Å². The molecule has 0 N–H and O–H groups in total. The summed E-state index contributed by atoms with van der Waals surface area (Å²) in [5.74, 6) is 0. The van der Waals surface area contributed by atoms with Gasteiger partial charge in [0, 0.05) is 26.7 Å². The van der Waals surface area contributed by atoms with E-state index >= 15 is 0 Å². The fourth-order valence-corrected chi connectivity index (χ4v) is 1.79. The molecule has 0 saturated heterocycles. The Kier molecular flexibility index (Phi) is 5.16. The van der Waals surface area contributed by atoms with Gasteiger partial charge < -0.3 is 9.47 Å². The minimum atomic E-state index is -0.743. The minimum Gasteiger partial charge on any atom is -0.356 e. The maximum Gasteiger partial charge on any atom is 0.281 e. The molecule has 0 atom stereocenters. The molecule has 0 saturated carbocycles. The van der Waals surface area contributed by atoms with E-state index in [1.165, 1.54) is 14.2 Å². The van der Waals surface area contributed by atoms with Crippen LogP contribution in [0.5, 0.6) is 0 Å². The molecule has 0 bridgehead atoms. The van der Waals surface area contributed by atoms with Crippen molar-refractivity contribution in [3.8, 4) is 0 Å². The Morgan fingerprint density at radius 1 is 1.21 bits per heavy atom. The van der Waals surface area contributed by atoms with E-state index in [1.54, 1.807) is 0 Å².